The smallest absolute Gasteiger partial charge is 0.330 e. The molecular weight excluding hydrogens is 506 g/mol. The number of aromatic nitrogens is 2. The molecule has 2 saturated heterocycles. The number of aromatic amines is 1. The van der Waals surface area contributed by atoms with Crippen molar-refractivity contribution >= 4 is 11.9 Å². The lowest BCUT2D eigenvalue weighted by Gasteiger charge is -2.32. The number of rotatable bonds is 8. The van der Waals surface area contributed by atoms with Crippen LogP contribution in [0, 0.1) is 12.8 Å². The van der Waals surface area contributed by atoms with Gasteiger partial charge in [0.1, 0.15) is 18.4 Å². The summed E-state index contributed by atoms with van der Waals surface area (Å²) in [5.41, 5.74) is -0.460. The topological polar surface area (TPSA) is 205 Å². The third-order valence-electron chi connectivity index (χ3n) is 7.07. The second-order valence-electron chi connectivity index (χ2n) is 9.66. The van der Waals surface area contributed by atoms with Crippen LogP contribution in [0.3, 0.4) is 0 Å². The fourth-order valence-corrected chi connectivity index (χ4v) is 4.93. The Kier molecular flexibility index (Phi) is 8.34. The number of amides is 3. The van der Waals surface area contributed by atoms with Gasteiger partial charge in [-0.05, 0) is 19.4 Å². The molecule has 15 nitrogen and oxygen atoms in total. The average Bonchev–Trinajstić information content (AvgIpc) is 3.41. The summed E-state index contributed by atoms with van der Waals surface area (Å²) in [6.07, 6.45) is -3.45. The highest BCUT2D eigenvalue weighted by molar-refractivity contribution is 5.77. The summed E-state index contributed by atoms with van der Waals surface area (Å²) < 4.78 is 18.4. The van der Waals surface area contributed by atoms with Gasteiger partial charge < -0.3 is 40.2 Å². The van der Waals surface area contributed by atoms with Crippen molar-refractivity contribution < 1.29 is 39.1 Å². The molecule has 4 rings (SSSR count). The fraction of sp³-hybridized carbons (Fsp3) is 0.652. The van der Waals surface area contributed by atoms with Gasteiger partial charge in [-0.15, -0.1) is 0 Å². The third kappa shape index (κ3) is 5.52. The summed E-state index contributed by atoms with van der Waals surface area (Å²) in [6.45, 7) is 2.69. The molecule has 2 unspecified atom stereocenters. The van der Waals surface area contributed by atoms with Gasteiger partial charge in [-0.1, -0.05) is 0 Å². The van der Waals surface area contributed by atoms with Crippen molar-refractivity contribution in [2.75, 3.05) is 20.3 Å². The first-order valence-corrected chi connectivity index (χ1v) is 12.2. The molecule has 0 bridgehead atoms. The molecule has 3 amide bonds. The molecule has 210 valence electrons. The fourth-order valence-electron chi connectivity index (χ4n) is 4.93. The summed E-state index contributed by atoms with van der Waals surface area (Å²) in [4.78, 5) is 52.6. The Balaban J connectivity index is 1.38. The van der Waals surface area contributed by atoms with Crippen LogP contribution in [-0.2, 0) is 19.0 Å². The highest BCUT2D eigenvalue weighted by Gasteiger charge is 2.47. The summed E-state index contributed by atoms with van der Waals surface area (Å²) >= 11 is 0. The molecular formula is C23H33N5O10. The van der Waals surface area contributed by atoms with Crippen LogP contribution in [0.25, 0.3) is 0 Å². The quantitative estimate of drug-likeness (QED) is 0.206. The van der Waals surface area contributed by atoms with E-state index in [0.717, 1.165) is 0 Å². The maximum Gasteiger partial charge on any atom is 0.330 e. The first-order chi connectivity index (χ1) is 18.0. The van der Waals surface area contributed by atoms with Gasteiger partial charge in [-0.3, -0.25) is 24.0 Å². The van der Waals surface area contributed by atoms with Crippen LogP contribution in [0.4, 0.5) is 4.79 Å². The number of nitrogens with one attached hydrogen (secondary N) is 3. The van der Waals surface area contributed by atoms with E-state index in [1.54, 1.807) is 6.92 Å². The minimum atomic E-state index is -1.09. The third-order valence-corrected chi connectivity index (χ3v) is 7.07. The maximum absolute atomic E-state index is 12.8. The number of hydrogen-bond donors (Lipinski definition) is 6. The predicted molar refractivity (Wildman–Crippen MR) is 128 cm³/mol. The van der Waals surface area contributed by atoms with E-state index in [2.05, 4.69) is 15.6 Å². The molecule has 3 aliphatic heterocycles. The summed E-state index contributed by atoms with van der Waals surface area (Å²) in [6, 6.07) is -0.571. The van der Waals surface area contributed by atoms with Crippen LogP contribution in [0.5, 0.6) is 0 Å². The average molecular weight is 540 g/mol. The van der Waals surface area contributed by atoms with Crippen LogP contribution >= 0.6 is 0 Å². The second-order valence-corrected chi connectivity index (χ2v) is 9.66. The van der Waals surface area contributed by atoms with Crippen molar-refractivity contribution in [3.05, 3.63) is 44.4 Å². The zero-order chi connectivity index (χ0) is 27.7. The van der Waals surface area contributed by atoms with Crippen LogP contribution in [0.2, 0.25) is 0 Å². The van der Waals surface area contributed by atoms with Gasteiger partial charge in [0.05, 0.1) is 18.8 Å². The number of aliphatic hydroxyl groups is 3. The second kappa shape index (κ2) is 11.3. The van der Waals surface area contributed by atoms with Gasteiger partial charge >= 0.3 is 11.7 Å². The van der Waals surface area contributed by atoms with E-state index in [9.17, 15) is 34.5 Å². The van der Waals surface area contributed by atoms with Crippen LogP contribution in [0.15, 0.2) is 27.6 Å². The van der Waals surface area contributed by atoms with Crippen molar-refractivity contribution in [3.63, 3.8) is 0 Å². The Labute approximate surface area is 217 Å². The number of aliphatic hydroxyl groups excluding tert-OH is 3. The maximum atomic E-state index is 12.8. The Morgan fingerprint density at radius 2 is 1.95 bits per heavy atom. The zero-order valence-electron chi connectivity index (χ0n) is 21.2. The monoisotopic (exact) mass is 539 g/mol. The first-order valence-electron chi connectivity index (χ1n) is 12.2. The first kappa shape index (κ1) is 27.9. The number of carbonyl (C=O) groups is 2. The van der Waals surface area contributed by atoms with Crippen LogP contribution < -0.4 is 21.9 Å². The molecule has 1 aromatic heterocycles. The van der Waals surface area contributed by atoms with Crippen molar-refractivity contribution in [2.24, 2.45) is 5.92 Å². The van der Waals surface area contributed by atoms with Gasteiger partial charge in [0.15, 0.2) is 12.5 Å². The SMILES string of the molecule is CO[C@@H]1C(CC(=O)NC[C@H]2O[C@@H](N3C=C(C)C(O)NC3=O)C[C@@H]2O)[C@@H](CO)O[C@H]1n1cc(C)c(=O)[nH]c1=O. The predicted octanol–water partition coefficient (Wildman–Crippen LogP) is -2.40. The lowest BCUT2D eigenvalue weighted by Crippen LogP contribution is -2.51. The number of hydrogen-bond acceptors (Lipinski definition) is 10. The molecule has 0 aliphatic carbocycles. The normalized spacial score (nSPS) is 33.3. The molecule has 0 spiro atoms. The lowest BCUT2D eigenvalue weighted by molar-refractivity contribution is -0.124. The zero-order valence-corrected chi connectivity index (χ0v) is 21.2. The Morgan fingerprint density at radius 1 is 1.21 bits per heavy atom. The number of ether oxygens (including phenoxy) is 3. The Morgan fingerprint density at radius 3 is 2.63 bits per heavy atom. The lowest BCUT2D eigenvalue weighted by atomic mass is 9.93. The van der Waals surface area contributed by atoms with E-state index in [4.69, 9.17) is 14.2 Å². The van der Waals surface area contributed by atoms with E-state index in [0.29, 0.717) is 5.57 Å². The standard InChI is InChI=1S/C23H33N5O10/c1-10-7-27(22(34)25-19(10)32)17-5-13(30)14(37-17)6-24-16(31)4-12-15(9-29)38-21(18(12)36-3)28-8-11(2)20(33)26-23(28)35/h7-8,12-15,17-19,21,29-30,32H,4-6,9H2,1-3H3,(H,24,31)(H,25,34)(H,26,33,35)/t12?,13-,14+,15+,17+,18+,19?,21+/m0/s1. The van der Waals surface area contributed by atoms with Crippen molar-refractivity contribution in [1.82, 2.24) is 25.1 Å². The molecule has 2 fully saturated rings. The molecule has 8 atom stereocenters. The van der Waals surface area contributed by atoms with Gasteiger partial charge in [0.2, 0.25) is 5.91 Å². The van der Waals surface area contributed by atoms with Crippen molar-refractivity contribution in [2.45, 2.75) is 69.8 Å². The van der Waals surface area contributed by atoms with Gasteiger partial charge in [-0.25, -0.2) is 9.59 Å². The molecule has 1 aromatic rings. The molecule has 6 N–H and O–H groups in total. The van der Waals surface area contributed by atoms with Gasteiger partial charge in [-0.2, -0.15) is 0 Å². The number of carbonyl (C=O) groups excluding carboxylic acids is 2. The highest BCUT2D eigenvalue weighted by atomic mass is 16.6. The minimum absolute atomic E-state index is 0.0473. The van der Waals surface area contributed by atoms with Gasteiger partial charge in [0.25, 0.3) is 5.56 Å². The highest BCUT2D eigenvalue weighted by Crippen LogP contribution is 2.37. The molecule has 0 aromatic carbocycles. The molecule has 4 heterocycles. The number of nitrogens with zero attached hydrogens (tertiary/aromatic N) is 2. The van der Waals surface area contributed by atoms with Crippen molar-refractivity contribution in [1.29, 1.82) is 0 Å². The number of urea groups is 1. The molecule has 0 saturated carbocycles. The van der Waals surface area contributed by atoms with E-state index in [1.807, 2.05) is 0 Å². The Hall–Kier alpha value is -3.08. The summed E-state index contributed by atoms with van der Waals surface area (Å²) in [5.74, 6) is -1.06. The number of aryl methyl sites for hydroxylation is 1. The largest absolute Gasteiger partial charge is 0.394 e. The van der Waals surface area contributed by atoms with E-state index in [-0.39, 0.29) is 24.9 Å². The minimum Gasteiger partial charge on any atom is -0.394 e. The molecule has 3 aliphatic rings. The molecule has 15 heteroatoms. The number of H-pyrrole nitrogens is 1. The molecule has 38 heavy (non-hydrogen) atoms. The molecule has 0 radical (unpaired) electrons. The number of methoxy groups -OCH3 is 1. The van der Waals surface area contributed by atoms with Gasteiger partial charge in [0, 0.05) is 50.4 Å². The summed E-state index contributed by atoms with van der Waals surface area (Å²) in [5, 5.41) is 35.1. The van der Waals surface area contributed by atoms with E-state index >= 15 is 0 Å². The summed E-state index contributed by atoms with van der Waals surface area (Å²) in [7, 11) is 1.39. The Bertz CT molecular complexity index is 1200. The van der Waals surface area contributed by atoms with Crippen LogP contribution in [0.1, 0.15) is 31.6 Å². The van der Waals surface area contributed by atoms with E-state index < -0.39 is 78.8 Å². The van der Waals surface area contributed by atoms with Crippen molar-refractivity contribution in [3.8, 4) is 0 Å². The van der Waals surface area contributed by atoms with Crippen LogP contribution in [-0.4, -0.2) is 98.8 Å². The van der Waals surface area contributed by atoms with E-state index in [1.165, 1.54) is 35.9 Å².